The number of H-pyrrole nitrogens is 1. The van der Waals surface area contributed by atoms with Crippen LogP contribution in [0.25, 0.3) is 0 Å². The Morgan fingerprint density at radius 1 is 1.21 bits per heavy atom. The quantitative estimate of drug-likeness (QED) is 0.730. The van der Waals surface area contributed by atoms with Gasteiger partial charge in [-0.05, 0) is 38.5 Å². The zero-order chi connectivity index (χ0) is 21.1. The van der Waals surface area contributed by atoms with E-state index < -0.39 is 12.1 Å². The van der Waals surface area contributed by atoms with Crippen molar-refractivity contribution < 1.29 is 28.6 Å². The number of nitrogens with zero attached hydrogens (tertiary/aromatic N) is 2. The minimum atomic E-state index is -0.713. The Balaban J connectivity index is 1.51. The molecule has 1 aliphatic heterocycles. The second-order valence-corrected chi connectivity index (χ2v) is 7.07. The van der Waals surface area contributed by atoms with Crippen molar-refractivity contribution in [2.45, 2.75) is 26.9 Å². The van der Waals surface area contributed by atoms with Crippen molar-refractivity contribution in [3.63, 3.8) is 0 Å². The number of hydrogen-bond donors (Lipinski definition) is 2. The molecule has 2 aromatic heterocycles. The molecular formula is C20H25N3O6. The molecule has 1 atom stereocenters. The number of esters is 1. The molecule has 0 unspecified atom stereocenters. The molecule has 2 N–H and O–H groups in total. The molecule has 2 amide bonds. The number of hydrogen-bond acceptors (Lipinski definition) is 6. The van der Waals surface area contributed by atoms with Crippen LogP contribution in [0.3, 0.4) is 0 Å². The van der Waals surface area contributed by atoms with E-state index in [0.717, 1.165) is 0 Å². The van der Waals surface area contributed by atoms with Crippen molar-refractivity contribution in [3.8, 4) is 0 Å². The zero-order valence-corrected chi connectivity index (χ0v) is 16.7. The highest BCUT2D eigenvalue weighted by molar-refractivity contribution is 5.92. The van der Waals surface area contributed by atoms with Gasteiger partial charge in [0.1, 0.15) is 5.69 Å². The summed E-state index contributed by atoms with van der Waals surface area (Å²) in [6.45, 7) is 6.20. The number of aryl methyl sites for hydroxylation is 1. The molecule has 1 aliphatic rings. The third-order valence-electron chi connectivity index (χ3n) is 5.10. The molecule has 0 aliphatic carbocycles. The van der Waals surface area contributed by atoms with Crippen molar-refractivity contribution in [2.24, 2.45) is 0 Å². The monoisotopic (exact) mass is 403 g/mol. The Kier molecular flexibility index (Phi) is 6.07. The van der Waals surface area contributed by atoms with E-state index in [9.17, 15) is 19.5 Å². The van der Waals surface area contributed by atoms with E-state index in [4.69, 9.17) is 9.15 Å². The maximum atomic E-state index is 12.4. The third-order valence-corrected chi connectivity index (χ3v) is 5.10. The van der Waals surface area contributed by atoms with Gasteiger partial charge in [-0.25, -0.2) is 4.79 Å². The standard InChI is InChI=1S/C20H25N3O6/c1-12-17(14(3)24)13(2)21-18(12)20(27)29-11-16(25)22-6-8-23(9-7-22)19(26)15-5-4-10-28-15/h4-5,10,14,21,24H,6-9,11H2,1-3H3/t14-/m1/s1. The van der Waals surface area contributed by atoms with E-state index in [1.165, 1.54) is 6.26 Å². The first-order valence-corrected chi connectivity index (χ1v) is 9.44. The number of piperazine rings is 1. The first-order chi connectivity index (χ1) is 13.8. The van der Waals surface area contributed by atoms with E-state index in [1.807, 2.05) is 0 Å². The minimum absolute atomic E-state index is 0.208. The van der Waals surface area contributed by atoms with Crippen LogP contribution in [0.1, 0.15) is 50.9 Å². The lowest BCUT2D eigenvalue weighted by Gasteiger charge is -2.34. The molecule has 0 aromatic carbocycles. The number of aliphatic hydroxyl groups is 1. The van der Waals surface area contributed by atoms with Gasteiger partial charge in [0.05, 0.1) is 12.4 Å². The molecule has 2 aromatic rings. The number of aromatic nitrogens is 1. The SMILES string of the molecule is Cc1[nH]c(C(=O)OCC(=O)N2CCN(C(=O)c3ccco3)CC2)c(C)c1[C@@H](C)O. The Labute approximate surface area is 168 Å². The van der Waals surface area contributed by atoms with Crippen molar-refractivity contribution in [1.29, 1.82) is 0 Å². The van der Waals surface area contributed by atoms with Crippen LogP contribution in [0.4, 0.5) is 0 Å². The Morgan fingerprint density at radius 3 is 2.41 bits per heavy atom. The fourth-order valence-corrected chi connectivity index (χ4v) is 3.60. The molecule has 3 heterocycles. The van der Waals surface area contributed by atoms with Crippen molar-refractivity contribution in [3.05, 3.63) is 46.7 Å². The first kappa shape index (κ1) is 20.7. The number of furan rings is 1. The summed E-state index contributed by atoms with van der Waals surface area (Å²) in [6.07, 6.45) is 0.730. The second-order valence-electron chi connectivity index (χ2n) is 7.07. The van der Waals surface area contributed by atoms with Gasteiger partial charge >= 0.3 is 5.97 Å². The van der Waals surface area contributed by atoms with Crippen LogP contribution in [0.2, 0.25) is 0 Å². The number of nitrogens with one attached hydrogen (secondary N) is 1. The van der Waals surface area contributed by atoms with Gasteiger partial charge in [-0.2, -0.15) is 0 Å². The molecular weight excluding hydrogens is 378 g/mol. The summed E-state index contributed by atoms with van der Waals surface area (Å²) in [5.74, 6) is -0.899. The number of amides is 2. The molecule has 156 valence electrons. The van der Waals surface area contributed by atoms with Gasteiger partial charge in [0.2, 0.25) is 0 Å². The lowest BCUT2D eigenvalue weighted by atomic mass is 10.1. The normalized spacial score (nSPS) is 15.3. The van der Waals surface area contributed by atoms with Crippen molar-refractivity contribution in [1.82, 2.24) is 14.8 Å². The maximum absolute atomic E-state index is 12.4. The van der Waals surface area contributed by atoms with E-state index in [0.29, 0.717) is 43.0 Å². The average molecular weight is 403 g/mol. The fourth-order valence-electron chi connectivity index (χ4n) is 3.60. The molecule has 0 radical (unpaired) electrons. The molecule has 3 rings (SSSR count). The Morgan fingerprint density at radius 2 is 1.86 bits per heavy atom. The molecule has 29 heavy (non-hydrogen) atoms. The summed E-state index contributed by atoms with van der Waals surface area (Å²) >= 11 is 0. The van der Waals surface area contributed by atoms with Gasteiger partial charge in [0, 0.05) is 37.4 Å². The van der Waals surface area contributed by atoms with Crippen LogP contribution in [-0.2, 0) is 9.53 Å². The molecule has 0 bridgehead atoms. The fraction of sp³-hybridized carbons (Fsp3) is 0.450. The number of carbonyl (C=O) groups is 3. The van der Waals surface area contributed by atoms with Gasteiger partial charge in [-0.3, -0.25) is 9.59 Å². The van der Waals surface area contributed by atoms with Crippen molar-refractivity contribution >= 4 is 17.8 Å². The molecule has 0 spiro atoms. The first-order valence-electron chi connectivity index (χ1n) is 9.44. The van der Waals surface area contributed by atoms with Crippen LogP contribution in [0.15, 0.2) is 22.8 Å². The Bertz CT molecular complexity index is 892. The predicted molar refractivity (Wildman–Crippen MR) is 102 cm³/mol. The highest BCUT2D eigenvalue weighted by Gasteiger charge is 2.27. The third kappa shape index (κ3) is 4.34. The minimum Gasteiger partial charge on any atom is -0.459 e. The van der Waals surface area contributed by atoms with E-state index in [2.05, 4.69) is 4.98 Å². The maximum Gasteiger partial charge on any atom is 0.355 e. The summed E-state index contributed by atoms with van der Waals surface area (Å²) in [4.78, 5) is 43.1. The molecule has 0 saturated carbocycles. The largest absolute Gasteiger partial charge is 0.459 e. The van der Waals surface area contributed by atoms with E-state index >= 15 is 0 Å². The zero-order valence-electron chi connectivity index (χ0n) is 16.7. The predicted octanol–water partition coefficient (Wildman–Crippen LogP) is 1.42. The lowest BCUT2D eigenvalue weighted by Crippen LogP contribution is -2.51. The summed E-state index contributed by atoms with van der Waals surface area (Å²) in [7, 11) is 0. The summed E-state index contributed by atoms with van der Waals surface area (Å²) < 4.78 is 10.3. The number of aliphatic hydroxyl groups excluding tert-OH is 1. The van der Waals surface area contributed by atoms with Gasteiger partial charge in [0.15, 0.2) is 12.4 Å². The van der Waals surface area contributed by atoms with Crippen LogP contribution >= 0.6 is 0 Å². The summed E-state index contributed by atoms with van der Waals surface area (Å²) in [6, 6.07) is 3.26. The topological polar surface area (TPSA) is 116 Å². The molecule has 1 saturated heterocycles. The van der Waals surface area contributed by atoms with Gasteiger partial charge in [-0.1, -0.05) is 0 Å². The summed E-state index contributed by atoms with van der Waals surface area (Å²) in [5.41, 5.74) is 2.19. The van der Waals surface area contributed by atoms with Gasteiger partial charge in [-0.15, -0.1) is 0 Å². The lowest BCUT2D eigenvalue weighted by molar-refractivity contribution is -0.136. The van der Waals surface area contributed by atoms with E-state index in [1.54, 1.807) is 42.7 Å². The smallest absolute Gasteiger partial charge is 0.355 e. The van der Waals surface area contributed by atoms with Gasteiger partial charge < -0.3 is 29.0 Å². The average Bonchev–Trinajstić information content (AvgIpc) is 3.33. The number of carbonyl (C=O) groups excluding carboxylic acids is 3. The van der Waals surface area contributed by atoms with Crippen LogP contribution in [-0.4, -0.2) is 70.5 Å². The van der Waals surface area contributed by atoms with Gasteiger partial charge in [0.25, 0.3) is 11.8 Å². The Hall–Kier alpha value is -3.07. The number of rotatable bonds is 5. The second kappa shape index (κ2) is 8.52. The van der Waals surface area contributed by atoms with Crippen molar-refractivity contribution in [2.75, 3.05) is 32.8 Å². The number of aromatic amines is 1. The van der Waals surface area contributed by atoms with Crippen LogP contribution in [0.5, 0.6) is 0 Å². The molecule has 9 nitrogen and oxygen atoms in total. The molecule has 9 heteroatoms. The van der Waals surface area contributed by atoms with E-state index in [-0.39, 0.29) is 29.9 Å². The summed E-state index contributed by atoms with van der Waals surface area (Å²) in [5, 5.41) is 9.82. The highest BCUT2D eigenvalue weighted by atomic mass is 16.5. The highest BCUT2D eigenvalue weighted by Crippen LogP contribution is 2.24. The molecule has 1 fully saturated rings. The van der Waals surface area contributed by atoms with Crippen LogP contribution < -0.4 is 0 Å². The number of ether oxygens (including phenoxy) is 1. The van der Waals surface area contributed by atoms with Crippen LogP contribution in [0, 0.1) is 13.8 Å².